The van der Waals surface area contributed by atoms with Gasteiger partial charge in [-0.3, -0.25) is 9.59 Å². The predicted octanol–water partition coefficient (Wildman–Crippen LogP) is 2.98. The number of rotatable bonds is 5. The summed E-state index contributed by atoms with van der Waals surface area (Å²) in [4.78, 5) is 24.3. The molecule has 1 heterocycles. The molecule has 1 aromatic heterocycles. The van der Waals surface area contributed by atoms with Gasteiger partial charge in [-0.25, -0.2) is 4.39 Å². The average molecular weight is 335 g/mol. The SMILES string of the molecule is O=C(C[n+]1ccc(C(=O)c2ccccc2)cc1)Nc1ccc(F)cc1. The van der Waals surface area contributed by atoms with Crippen LogP contribution in [0.4, 0.5) is 10.1 Å². The number of ketones is 1. The van der Waals surface area contributed by atoms with Gasteiger partial charge in [-0.1, -0.05) is 30.3 Å². The third-order valence-electron chi connectivity index (χ3n) is 3.64. The van der Waals surface area contributed by atoms with E-state index in [9.17, 15) is 14.0 Å². The number of nitrogens with one attached hydrogen (secondary N) is 1. The molecule has 0 aliphatic rings. The first-order chi connectivity index (χ1) is 12.1. The van der Waals surface area contributed by atoms with E-state index in [1.165, 1.54) is 24.3 Å². The van der Waals surface area contributed by atoms with Crippen LogP contribution in [0.5, 0.6) is 0 Å². The third kappa shape index (κ3) is 4.35. The lowest BCUT2D eigenvalue weighted by atomic mass is 10.0. The number of aromatic nitrogens is 1. The summed E-state index contributed by atoms with van der Waals surface area (Å²) in [6.07, 6.45) is 3.36. The number of amides is 1. The molecule has 0 spiro atoms. The molecule has 3 aromatic rings. The minimum absolute atomic E-state index is 0.0662. The van der Waals surface area contributed by atoms with Crippen LogP contribution in [0.2, 0.25) is 0 Å². The van der Waals surface area contributed by atoms with Gasteiger partial charge in [-0.05, 0) is 24.3 Å². The van der Waals surface area contributed by atoms with Crippen LogP contribution in [-0.2, 0) is 11.3 Å². The van der Waals surface area contributed by atoms with Crippen LogP contribution < -0.4 is 9.88 Å². The Balaban J connectivity index is 1.63. The Morgan fingerprint density at radius 1 is 0.840 bits per heavy atom. The molecule has 1 amide bonds. The number of carbonyl (C=O) groups is 2. The Kier molecular flexibility index (Phi) is 4.95. The van der Waals surface area contributed by atoms with Crippen LogP contribution in [0.1, 0.15) is 15.9 Å². The van der Waals surface area contributed by atoms with Crippen molar-refractivity contribution in [3.8, 4) is 0 Å². The van der Waals surface area contributed by atoms with Gasteiger partial charge in [-0.2, -0.15) is 4.57 Å². The van der Waals surface area contributed by atoms with Crippen molar-refractivity contribution in [2.45, 2.75) is 6.54 Å². The highest BCUT2D eigenvalue weighted by atomic mass is 19.1. The Labute approximate surface area is 144 Å². The van der Waals surface area contributed by atoms with Gasteiger partial charge in [0.1, 0.15) is 5.82 Å². The molecule has 0 unspecified atom stereocenters. The van der Waals surface area contributed by atoms with Gasteiger partial charge < -0.3 is 5.32 Å². The number of halogens is 1. The maximum Gasteiger partial charge on any atom is 0.290 e. The second-order valence-electron chi connectivity index (χ2n) is 5.51. The van der Waals surface area contributed by atoms with E-state index in [0.29, 0.717) is 16.8 Å². The normalized spacial score (nSPS) is 10.3. The van der Waals surface area contributed by atoms with E-state index < -0.39 is 0 Å². The summed E-state index contributed by atoms with van der Waals surface area (Å²) in [7, 11) is 0. The van der Waals surface area contributed by atoms with Gasteiger partial charge in [0.15, 0.2) is 18.2 Å². The van der Waals surface area contributed by atoms with Gasteiger partial charge in [-0.15, -0.1) is 0 Å². The average Bonchev–Trinajstić information content (AvgIpc) is 2.64. The van der Waals surface area contributed by atoms with E-state index in [1.807, 2.05) is 18.2 Å². The number of pyridine rings is 1. The number of hydrogen-bond acceptors (Lipinski definition) is 2. The summed E-state index contributed by atoms with van der Waals surface area (Å²) in [6.45, 7) is 0.0944. The molecule has 4 nitrogen and oxygen atoms in total. The van der Waals surface area contributed by atoms with Crippen molar-refractivity contribution in [1.29, 1.82) is 0 Å². The van der Waals surface area contributed by atoms with Crippen molar-refractivity contribution >= 4 is 17.4 Å². The molecule has 0 bridgehead atoms. The van der Waals surface area contributed by atoms with Crippen molar-refractivity contribution in [2.75, 3.05) is 5.32 Å². The molecule has 2 aromatic carbocycles. The molecule has 0 aliphatic carbocycles. The molecule has 3 rings (SSSR count). The minimum atomic E-state index is -0.356. The lowest BCUT2D eigenvalue weighted by Gasteiger charge is -2.03. The number of nitrogens with zero attached hydrogens (tertiary/aromatic N) is 1. The number of benzene rings is 2. The quantitative estimate of drug-likeness (QED) is 0.576. The second kappa shape index (κ2) is 7.49. The number of carbonyl (C=O) groups excluding carboxylic acids is 2. The molecule has 5 heteroatoms. The number of anilines is 1. The maximum atomic E-state index is 12.9. The summed E-state index contributed by atoms with van der Waals surface area (Å²) in [6, 6.07) is 17.9. The zero-order chi connectivity index (χ0) is 17.6. The fraction of sp³-hybridized carbons (Fsp3) is 0.0500. The first kappa shape index (κ1) is 16.5. The van der Waals surface area contributed by atoms with Crippen molar-refractivity contribution < 1.29 is 18.5 Å². The van der Waals surface area contributed by atoms with Crippen LogP contribution in [0.3, 0.4) is 0 Å². The lowest BCUT2D eigenvalue weighted by Crippen LogP contribution is -2.39. The van der Waals surface area contributed by atoms with Gasteiger partial charge in [0, 0.05) is 28.9 Å². The number of hydrogen-bond donors (Lipinski definition) is 1. The molecule has 0 atom stereocenters. The van der Waals surface area contributed by atoms with E-state index in [0.717, 1.165) is 0 Å². The summed E-state index contributed by atoms with van der Waals surface area (Å²) in [5.74, 6) is -0.659. The molecule has 0 fully saturated rings. The maximum absolute atomic E-state index is 12.9. The van der Waals surface area contributed by atoms with Crippen LogP contribution in [0.25, 0.3) is 0 Å². The van der Waals surface area contributed by atoms with E-state index in [-0.39, 0.29) is 24.1 Å². The Morgan fingerprint density at radius 2 is 1.44 bits per heavy atom. The highest BCUT2D eigenvalue weighted by Crippen LogP contribution is 2.09. The Bertz CT molecular complexity index is 876. The van der Waals surface area contributed by atoms with Crippen LogP contribution in [0, 0.1) is 5.82 Å². The Hall–Kier alpha value is -3.34. The lowest BCUT2D eigenvalue weighted by molar-refractivity contribution is -0.684. The first-order valence-corrected chi connectivity index (χ1v) is 7.76. The minimum Gasteiger partial charge on any atom is -0.321 e. The molecule has 0 saturated carbocycles. The Morgan fingerprint density at radius 3 is 2.08 bits per heavy atom. The first-order valence-electron chi connectivity index (χ1n) is 7.76. The van der Waals surface area contributed by atoms with Gasteiger partial charge in [0.25, 0.3) is 5.91 Å². The molecular formula is C20H16FN2O2+. The smallest absolute Gasteiger partial charge is 0.290 e. The molecule has 124 valence electrons. The van der Waals surface area contributed by atoms with Crippen molar-refractivity contribution in [3.63, 3.8) is 0 Å². The van der Waals surface area contributed by atoms with E-state index >= 15 is 0 Å². The fourth-order valence-electron chi connectivity index (χ4n) is 2.37. The summed E-state index contributed by atoms with van der Waals surface area (Å²) >= 11 is 0. The standard InChI is InChI=1S/C20H15FN2O2/c21-17-6-8-18(9-7-17)22-19(24)14-23-12-10-16(11-13-23)20(25)15-4-2-1-3-5-15/h1-13H,14H2/p+1. The zero-order valence-corrected chi connectivity index (χ0v) is 13.4. The topological polar surface area (TPSA) is 50.0 Å². The molecule has 25 heavy (non-hydrogen) atoms. The van der Waals surface area contributed by atoms with E-state index in [1.54, 1.807) is 41.2 Å². The largest absolute Gasteiger partial charge is 0.321 e. The van der Waals surface area contributed by atoms with Crippen LogP contribution >= 0.6 is 0 Å². The summed E-state index contributed by atoms with van der Waals surface area (Å²) in [5.41, 5.74) is 1.71. The fourth-order valence-corrected chi connectivity index (χ4v) is 2.37. The predicted molar refractivity (Wildman–Crippen MR) is 91.5 cm³/mol. The highest BCUT2D eigenvalue weighted by Gasteiger charge is 2.13. The van der Waals surface area contributed by atoms with Gasteiger partial charge in [0.05, 0.1) is 0 Å². The van der Waals surface area contributed by atoms with Crippen LogP contribution in [0.15, 0.2) is 79.1 Å². The summed E-state index contributed by atoms with van der Waals surface area (Å²) in [5, 5.41) is 2.69. The van der Waals surface area contributed by atoms with E-state index in [4.69, 9.17) is 0 Å². The van der Waals surface area contributed by atoms with Gasteiger partial charge >= 0.3 is 0 Å². The van der Waals surface area contributed by atoms with Crippen LogP contribution in [-0.4, -0.2) is 11.7 Å². The van der Waals surface area contributed by atoms with Crippen molar-refractivity contribution in [3.05, 3.63) is 96.1 Å². The van der Waals surface area contributed by atoms with Crippen molar-refractivity contribution in [1.82, 2.24) is 0 Å². The highest BCUT2D eigenvalue weighted by molar-refractivity contribution is 6.08. The van der Waals surface area contributed by atoms with Crippen molar-refractivity contribution in [2.24, 2.45) is 0 Å². The third-order valence-corrected chi connectivity index (χ3v) is 3.64. The monoisotopic (exact) mass is 335 g/mol. The zero-order valence-electron chi connectivity index (χ0n) is 13.4. The molecule has 1 N–H and O–H groups in total. The summed E-state index contributed by atoms with van der Waals surface area (Å²) < 4.78 is 14.5. The molecule has 0 aliphatic heterocycles. The molecule has 0 radical (unpaired) electrons. The molecular weight excluding hydrogens is 319 g/mol. The second-order valence-corrected chi connectivity index (χ2v) is 5.51. The molecule has 0 saturated heterocycles. The van der Waals surface area contributed by atoms with Gasteiger partial charge in [0.2, 0.25) is 6.54 Å². The van der Waals surface area contributed by atoms with E-state index in [2.05, 4.69) is 5.32 Å².